The summed E-state index contributed by atoms with van der Waals surface area (Å²) in [5.41, 5.74) is 2.35. The van der Waals surface area contributed by atoms with Crippen molar-refractivity contribution in [2.75, 3.05) is 5.32 Å². The second-order valence-electron chi connectivity index (χ2n) is 5.18. The average molecular weight is 354 g/mol. The number of thiophene rings is 1. The third-order valence-corrected chi connectivity index (χ3v) is 4.83. The van der Waals surface area contributed by atoms with Gasteiger partial charge in [-0.05, 0) is 73.5 Å². The maximum absolute atomic E-state index is 5.71. The second-order valence-corrected chi connectivity index (χ2v) is 7.04. The zero-order valence-corrected chi connectivity index (χ0v) is 14.6. The highest BCUT2D eigenvalue weighted by molar-refractivity contribution is 9.10. The normalized spacial score (nSPS) is 12.5. The zero-order valence-electron chi connectivity index (χ0n) is 12.2. The first kappa shape index (κ1) is 15.4. The Morgan fingerprint density at radius 2 is 1.95 bits per heavy atom. The largest absolute Gasteiger partial charge is 0.491 e. The lowest BCUT2D eigenvalue weighted by Crippen LogP contribution is -2.08. The Kier molecular flexibility index (Phi) is 5.11. The highest BCUT2D eigenvalue weighted by Gasteiger charge is 2.10. The van der Waals surface area contributed by atoms with E-state index in [9.17, 15) is 0 Å². The smallest absolute Gasteiger partial charge is 0.120 e. The van der Waals surface area contributed by atoms with E-state index in [0.29, 0.717) is 6.04 Å². The lowest BCUT2D eigenvalue weighted by Gasteiger charge is -2.17. The molecule has 0 bridgehead atoms. The Morgan fingerprint density at radius 3 is 2.50 bits per heavy atom. The van der Waals surface area contributed by atoms with Gasteiger partial charge in [0, 0.05) is 20.4 Å². The van der Waals surface area contributed by atoms with Gasteiger partial charge in [0.1, 0.15) is 5.75 Å². The Balaban J connectivity index is 2.09. The number of hydrogen-bond donors (Lipinski definition) is 1. The van der Waals surface area contributed by atoms with E-state index in [0.717, 1.165) is 15.9 Å². The molecule has 0 radical (unpaired) electrons. The highest BCUT2D eigenvalue weighted by Crippen LogP contribution is 2.30. The molecule has 1 unspecified atom stereocenters. The third-order valence-electron chi connectivity index (χ3n) is 2.96. The number of halogens is 1. The summed E-state index contributed by atoms with van der Waals surface area (Å²) in [7, 11) is 0. The summed E-state index contributed by atoms with van der Waals surface area (Å²) in [5.74, 6) is 0.926. The van der Waals surface area contributed by atoms with Gasteiger partial charge in [-0.2, -0.15) is 0 Å². The summed E-state index contributed by atoms with van der Waals surface area (Å²) in [5, 5.41) is 5.67. The van der Waals surface area contributed by atoms with Crippen LogP contribution in [-0.2, 0) is 0 Å². The number of ether oxygens (including phenoxy) is 1. The summed E-state index contributed by atoms with van der Waals surface area (Å²) in [6, 6.07) is 8.65. The Morgan fingerprint density at radius 1 is 1.20 bits per heavy atom. The SMILES string of the molecule is Cc1cc(OC(C)C)ccc1NC(C)c1cc(Br)cs1. The fraction of sp³-hybridized carbons (Fsp3) is 0.375. The van der Waals surface area contributed by atoms with Gasteiger partial charge < -0.3 is 10.1 Å². The number of benzene rings is 1. The van der Waals surface area contributed by atoms with Crippen LogP contribution >= 0.6 is 27.3 Å². The number of hydrogen-bond acceptors (Lipinski definition) is 3. The van der Waals surface area contributed by atoms with Crippen molar-refractivity contribution in [3.63, 3.8) is 0 Å². The summed E-state index contributed by atoms with van der Waals surface area (Å²) >= 11 is 5.26. The Labute approximate surface area is 133 Å². The molecule has 0 fully saturated rings. The molecular formula is C16H20BrNOS. The van der Waals surface area contributed by atoms with Gasteiger partial charge in [-0.3, -0.25) is 0 Å². The number of anilines is 1. The van der Waals surface area contributed by atoms with Gasteiger partial charge in [-0.1, -0.05) is 0 Å². The molecular weight excluding hydrogens is 334 g/mol. The molecule has 0 amide bonds. The lowest BCUT2D eigenvalue weighted by molar-refractivity contribution is 0.242. The van der Waals surface area contributed by atoms with Gasteiger partial charge >= 0.3 is 0 Å². The molecule has 1 heterocycles. The fourth-order valence-electron chi connectivity index (χ4n) is 2.00. The van der Waals surface area contributed by atoms with Crippen LogP contribution in [0.2, 0.25) is 0 Å². The van der Waals surface area contributed by atoms with E-state index in [1.165, 1.54) is 10.4 Å². The summed E-state index contributed by atoms with van der Waals surface area (Å²) in [6.45, 7) is 8.36. The Bertz CT molecular complexity index is 580. The van der Waals surface area contributed by atoms with Crippen molar-refractivity contribution in [2.24, 2.45) is 0 Å². The molecule has 4 heteroatoms. The van der Waals surface area contributed by atoms with E-state index in [-0.39, 0.29) is 6.10 Å². The number of rotatable bonds is 5. The molecule has 0 saturated carbocycles. The minimum atomic E-state index is 0.204. The molecule has 0 saturated heterocycles. The monoisotopic (exact) mass is 353 g/mol. The van der Waals surface area contributed by atoms with Crippen LogP contribution in [0.25, 0.3) is 0 Å². The lowest BCUT2D eigenvalue weighted by atomic mass is 10.1. The highest BCUT2D eigenvalue weighted by atomic mass is 79.9. The standard InChI is InChI=1S/C16H20BrNOS/c1-10(2)19-14-5-6-15(11(3)7-14)18-12(4)16-8-13(17)9-20-16/h5-10,12,18H,1-4H3. The van der Waals surface area contributed by atoms with Crippen LogP contribution in [-0.4, -0.2) is 6.10 Å². The third kappa shape index (κ3) is 4.00. The van der Waals surface area contributed by atoms with Gasteiger partial charge in [0.25, 0.3) is 0 Å². The van der Waals surface area contributed by atoms with Crippen LogP contribution in [0.1, 0.15) is 37.3 Å². The molecule has 20 heavy (non-hydrogen) atoms. The number of aryl methyl sites for hydroxylation is 1. The maximum atomic E-state index is 5.71. The molecule has 0 spiro atoms. The van der Waals surface area contributed by atoms with Crippen molar-refractivity contribution < 1.29 is 4.74 Å². The predicted molar refractivity (Wildman–Crippen MR) is 91.0 cm³/mol. The predicted octanol–water partition coefficient (Wildman–Crippen LogP) is 5.78. The minimum Gasteiger partial charge on any atom is -0.491 e. The molecule has 2 aromatic rings. The first-order chi connectivity index (χ1) is 9.45. The van der Waals surface area contributed by atoms with Crippen LogP contribution in [0.4, 0.5) is 5.69 Å². The van der Waals surface area contributed by atoms with Crippen molar-refractivity contribution in [1.82, 2.24) is 0 Å². The van der Waals surface area contributed by atoms with E-state index in [1.54, 1.807) is 11.3 Å². The summed E-state index contributed by atoms with van der Waals surface area (Å²) < 4.78 is 6.85. The topological polar surface area (TPSA) is 21.3 Å². The maximum Gasteiger partial charge on any atom is 0.120 e. The zero-order chi connectivity index (χ0) is 14.7. The van der Waals surface area contributed by atoms with E-state index >= 15 is 0 Å². The quantitative estimate of drug-likeness (QED) is 0.735. The second kappa shape index (κ2) is 6.64. The average Bonchev–Trinajstić information content (AvgIpc) is 2.78. The molecule has 2 nitrogen and oxygen atoms in total. The fourth-order valence-corrected chi connectivity index (χ4v) is 3.46. The van der Waals surface area contributed by atoms with Gasteiger partial charge in [0.2, 0.25) is 0 Å². The molecule has 0 aliphatic rings. The first-order valence-electron chi connectivity index (χ1n) is 6.73. The van der Waals surface area contributed by atoms with Crippen LogP contribution < -0.4 is 10.1 Å². The molecule has 0 aliphatic carbocycles. The van der Waals surface area contributed by atoms with Crippen molar-refractivity contribution in [1.29, 1.82) is 0 Å². The van der Waals surface area contributed by atoms with E-state index in [4.69, 9.17) is 4.74 Å². The molecule has 108 valence electrons. The van der Waals surface area contributed by atoms with Crippen molar-refractivity contribution >= 4 is 33.0 Å². The molecule has 0 aliphatic heterocycles. The Hall–Kier alpha value is -1.000. The van der Waals surface area contributed by atoms with Gasteiger partial charge in [0.15, 0.2) is 0 Å². The molecule has 1 aromatic heterocycles. The molecule has 2 rings (SSSR count). The van der Waals surface area contributed by atoms with Gasteiger partial charge in [-0.15, -0.1) is 11.3 Å². The van der Waals surface area contributed by atoms with Crippen LogP contribution in [0.5, 0.6) is 5.75 Å². The number of nitrogens with one attached hydrogen (secondary N) is 1. The van der Waals surface area contributed by atoms with Crippen LogP contribution in [0, 0.1) is 6.92 Å². The first-order valence-corrected chi connectivity index (χ1v) is 8.40. The molecule has 1 N–H and O–H groups in total. The summed E-state index contributed by atoms with van der Waals surface area (Å²) in [4.78, 5) is 1.32. The van der Waals surface area contributed by atoms with Gasteiger partial charge in [-0.25, -0.2) is 0 Å². The van der Waals surface area contributed by atoms with E-state index < -0.39 is 0 Å². The van der Waals surface area contributed by atoms with Gasteiger partial charge in [0.05, 0.1) is 12.1 Å². The molecule has 1 atom stereocenters. The van der Waals surface area contributed by atoms with E-state index in [1.807, 2.05) is 19.9 Å². The van der Waals surface area contributed by atoms with Crippen LogP contribution in [0.15, 0.2) is 34.1 Å². The van der Waals surface area contributed by atoms with Crippen molar-refractivity contribution in [2.45, 2.75) is 39.8 Å². The van der Waals surface area contributed by atoms with Crippen molar-refractivity contribution in [3.05, 3.63) is 44.6 Å². The molecule has 1 aromatic carbocycles. The minimum absolute atomic E-state index is 0.204. The van der Waals surface area contributed by atoms with E-state index in [2.05, 4.69) is 58.7 Å². The van der Waals surface area contributed by atoms with Crippen LogP contribution in [0.3, 0.4) is 0 Å². The van der Waals surface area contributed by atoms with Crippen molar-refractivity contribution in [3.8, 4) is 5.75 Å². The summed E-state index contributed by atoms with van der Waals surface area (Å²) in [6.07, 6.45) is 0.204.